The lowest BCUT2D eigenvalue weighted by Crippen LogP contribution is -2.61. The standard InChI is InChI=1S/C102H63BN4OS/c1-6-27-64(28-7-1)74-42-24-43-75(65-29-8-2-9-30-65)100(74)106-88-56-51-69(73-41-26-48-89-97(73)81-39-16-20-46-86(81)104(89)71-35-14-5-15-36-71)60-85(88)103-84-55-53-72(105-87-47-21-17-40-82(87)98-90(105)57-54-80-79-38-19-23-50-96(79)109-102(80)98)63-91(84)107(101-76(66-31-10-3-11-32-66)44-25-45-77(101)67-33-12-4-13-34-67)93-62-70(61-92(106)99(93)103)68-52-58-95-83(59-68)78-37-18-22-49-94(78)108-95/h1-63H. The van der Waals surface area contributed by atoms with Crippen molar-refractivity contribution in [2.75, 3.05) is 9.80 Å². The molecule has 0 saturated carbocycles. The number of benzene rings is 17. The summed E-state index contributed by atoms with van der Waals surface area (Å²) in [6, 6.07) is 143. The molecular weight excluding hydrogens is 1340 g/mol. The Morgan fingerprint density at radius 2 is 0.734 bits per heavy atom. The van der Waals surface area contributed by atoms with Gasteiger partial charge in [0, 0.05) is 109 Å². The van der Waals surface area contributed by atoms with Gasteiger partial charge >= 0.3 is 0 Å². The van der Waals surface area contributed by atoms with Gasteiger partial charge in [-0.05, 0) is 152 Å². The van der Waals surface area contributed by atoms with Crippen LogP contribution in [0.25, 0.3) is 164 Å². The van der Waals surface area contributed by atoms with E-state index in [1.807, 2.05) is 11.3 Å². The molecule has 17 aromatic carbocycles. The molecule has 2 aliphatic rings. The molecule has 0 radical (unpaired) electrons. The van der Waals surface area contributed by atoms with Crippen LogP contribution in [0.15, 0.2) is 387 Å². The Morgan fingerprint density at radius 3 is 1.37 bits per heavy atom. The predicted octanol–water partition coefficient (Wildman–Crippen LogP) is 26.2. The number of hydrogen-bond acceptors (Lipinski definition) is 4. The molecule has 0 aliphatic carbocycles. The van der Waals surface area contributed by atoms with Crippen molar-refractivity contribution in [2.24, 2.45) is 0 Å². The molecule has 7 heteroatoms. The highest BCUT2D eigenvalue weighted by molar-refractivity contribution is 7.26. The van der Waals surface area contributed by atoms with Crippen molar-refractivity contribution in [1.82, 2.24) is 9.13 Å². The molecule has 0 amide bonds. The van der Waals surface area contributed by atoms with Gasteiger partial charge in [-0.3, -0.25) is 0 Å². The van der Waals surface area contributed by atoms with Crippen LogP contribution in [0.2, 0.25) is 0 Å². The Labute approximate surface area is 633 Å². The molecule has 0 saturated heterocycles. The van der Waals surface area contributed by atoms with Crippen molar-refractivity contribution in [3.8, 4) is 78.1 Å². The van der Waals surface area contributed by atoms with Gasteiger partial charge in [-0.25, -0.2) is 0 Å². The van der Waals surface area contributed by atoms with Crippen LogP contribution in [0.4, 0.5) is 34.1 Å². The predicted molar refractivity (Wildman–Crippen MR) is 462 cm³/mol. The Balaban J connectivity index is 0.888. The van der Waals surface area contributed by atoms with E-state index in [0.717, 1.165) is 140 Å². The van der Waals surface area contributed by atoms with Gasteiger partial charge in [0.1, 0.15) is 11.2 Å². The summed E-state index contributed by atoms with van der Waals surface area (Å²) in [5, 5.41) is 9.65. The molecule has 0 fully saturated rings. The average Bonchev–Trinajstić information content (AvgIpc) is 1.35. The van der Waals surface area contributed by atoms with E-state index in [2.05, 4.69) is 401 Å². The van der Waals surface area contributed by atoms with Crippen LogP contribution in [0.5, 0.6) is 0 Å². The number of para-hydroxylation sites is 6. The Hall–Kier alpha value is -14.0. The highest BCUT2D eigenvalue weighted by atomic mass is 32.1. The number of furan rings is 1. The van der Waals surface area contributed by atoms with Crippen molar-refractivity contribution in [3.63, 3.8) is 0 Å². The van der Waals surface area contributed by atoms with Crippen LogP contribution >= 0.6 is 11.3 Å². The number of fused-ring (bicyclic) bond motifs is 17. The van der Waals surface area contributed by atoms with E-state index in [9.17, 15) is 0 Å². The maximum Gasteiger partial charge on any atom is 0.252 e. The molecule has 0 bridgehead atoms. The van der Waals surface area contributed by atoms with Crippen molar-refractivity contribution in [2.45, 2.75) is 0 Å². The lowest BCUT2D eigenvalue weighted by Gasteiger charge is -2.46. The van der Waals surface area contributed by atoms with E-state index >= 15 is 0 Å². The van der Waals surface area contributed by atoms with Gasteiger partial charge in [-0.2, -0.15) is 0 Å². The topological polar surface area (TPSA) is 29.5 Å². The maximum atomic E-state index is 6.67. The lowest BCUT2D eigenvalue weighted by molar-refractivity contribution is 0.669. The quantitative estimate of drug-likeness (QED) is 0.128. The number of nitrogens with zero attached hydrogens (tertiary/aromatic N) is 4. The summed E-state index contributed by atoms with van der Waals surface area (Å²) in [4.78, 5) is 5.36. The summed E-state index contributed by atoms with van der Waals surface area (Å²) in [6.07, 6.45) is 0. The van der Waals surface area contributed by atoms with Gasteiger partial charge in [0.05, 0.1) is 33.4 Å². The second-order valence-corrected chi connectivity index (χ2v) is 30.0. The first-order chi connectivity index (χ1) is 54.1. The second kappa shape index (κ2) is 24.3. The van der Waals surface area contributed by atoms with Crippen LogP contribution in [0, 0.1) is 0 Å². The van der Waals surface area contributed by atoms with Crippen LogP contribution in [-0.2, 0) is 0 Å². The fourth-order valence-electron chi connectivity index (χ4n) is 18.4. The molecular formula is C102H63BN4OS. The third-order valence-corrected chi connectivity index (χ3v) is 24.3. The molecule has 0 unspecified atom stereocenters. The highest BCUT2D eigenvalue weighted by Gasteiger charge is 2.46. The number of aromatic nitrogens is 2. The molecule has 5 nitrogen and oxygen atoms in total. The first-order valence-electron chi connectivity index (χ1n) is 37.5. The molecule has 23 rings (SSSR count). The summed E-state index contributed by atoms with van der Waals surface area (Å²) in [6.45, 7) is -0.319. The Kier molecular flexibility index (Phi) is 13.7. The normalized spacial score (nSPS) is 12.5. The smallest absolute Gasteiger partial charge is 0.252 e. The minimum atomic E-state index is -0.319. The van der Waals surface area contributed by atoms with Crippen LogP contribution in [0.1, 0.15) is 0 Å². The summed E-state index contributed by atoms with van der Waals surface area (Å²) in [5.41, 5.74) is 32.2. The molecule has 4 aromatic heterocycles. The van der Waals surface area contributed by atoms with E-state index in [1.54, 1.807) is 0 Å². The number of hydrogen-bond donors (Lipinski definition) is 0. The average molecular weight is 1400 g/mol. The molecule has 0 spiro atoms. The Morgan fingerprint density at radius 1 is 0.248 bits per heavy atom. The van der Waals surface area contributed by atoms with Crippen molar-refractivity contribution >= 4 is 154 Å². The zero-order valence-corrected chi connectivity index (χ0v) is 59.9. The summed E-state index contributed by atoms with van der Waals surface area (Å²) >= 11 is 1.90. The number of thiophene rings is 1. The van der Waals surface area contributed by atoms with E-state index in [1.165, 1.54) is 74.7 Å². The third kappa shape index (κ3) is 9.34. The summed E-state index contributed by atoms with van der Waals surface area (Å²) < 4.78 is 14.2. The maximum absolute atomic E-state index is 6.67. The van der Waals surface area contributed by atoms with Crippen molar-refractivity contribution in [3.05, 3.63) is 382 Å². The summed E-state index contributed by atoms with van der Waals surface area (Å²) in [7, 11) is 0. The molecule has 506 valence electrons. The van der Waals surface area contributed by atoms with Gasteiger partial charge in [0.15, 0.2) is 0 Å². The molecule has 0 N–H and O–H groups in total. The van der Waals surface area contributed by atoms with Gasteiger partial charge in [0.25, 0.3) is 6.71 Å². The van der Waals surface area contributed by atoms with Gasteiger partial charge in [-0.1, -0.05) is 291 Å². The molecule has 6 heterocycles. The van der Waals surface area contributed by atoms with Crippen LogP contribution in [-0.4, -0.2) is 15.8 Å². The van der Waals surface area contributed by atoms with E-state index in [-0.39, 0.29) is 6.71 Å². The fourth-order valence-corrected chi connectivity index (χ4v) is 19.7. The monoisotopic (exact) mass is 1400 g/mol. The van der Waals surface area contributed by atoms with Crippen molar-refractivity contribution in [1.29, 1.82) is 0 Å². The molecule has 0 atom stereocenters. The number of rotatable bonds is 10. The largest absolute Gasteiger partial charge is 0.456 e. The van der Waals surface area contributed by atoms with Crippen molar-refractivity contribution < 1.29 is 4.42 Å². The Bertz CT molecular complexity index is 7190. The lowest BCUT2D eigenvalue weighted by atomic mass is 9.33. The first kappa shape index (κ1) is 61.3. The second-order valence-electron chi connectivity index (χ2n) is 28.9. The zero-order chi connectivity index (χ0) is 71.4. The molecule has 109 heavy (non-hydrogen) atoms. The van der Waals surface area contributed by atoms with E-state index in [0.29, 0.717) is 0 Å². The zero-order valence-electron chi connectivity index (χ0n) is 59.1. The molecule has 21 aromatic rings. The van der Waals surface area contributed by atoms with Gasteiger partial charge in [-0.15, -0.1) is 11.3 Å². The SMILES string of the molecule is c1ccc(-c2cccc(-c3ccccc3)c2N2c3ccc(-c4cccc5c4c4ccccc4n5-c4ccccc4)cc3B3c4ccc(-n5c6ccccc6c6c7sc8ccccc8c7ccc65)cc4N(c4c(-c5ccccc5)cccc4-c4ccccc4)c4cc(-c5ccc6oc7ccccc7c6c5)cc2c43)cc1. The minimum absolute atomic E-state index is 0.319. The first-order valence-corrected chi connectivity index (χ1v) is 38.3. The number of anilines is 6. The van der Waals surface area contributed by atoms with Crippen LogP contribution < -0.4 is 26.2 Å². The van der Waals surface area contributed by atoms with Gasteiger partial charge < -0.3 is 23.4 Å². The fraction of sp³-hybridized carbons (Fsp3) is 0. The van der Waals surface area contributed by atoms with E-state index in [4.69, 9.17) is 4.42 Å². The van der Waals surface area contributed by atoms with Crippen LogP contribution in [0.3, 0.4) is 0 Å². The van der Waals surface area contributed by atoms with Gasteiger partial charge in [0.2, 0.25) is 0 Å². The highest BCUT2D eigenvalue weighted by Crippen LogP contribution is 2.55. The minimum Gasteiger partial charge on any atom is -0.456 e. The third-order valence-electron chi connectivity index (χ3n) is 23.1. The van der Waals surface area contributed by atoms with E-state index < -0.39 is 0 Å². The molecule has 2 aliphatic heterocycles. The summed E-state index contributed by atoms with van der Waals surface area (Å²) in [5.74, 6) is 0.